The SMILES string of the molecule is CC(C)(C)C(C#[N+]O)c1ccc(OCCOCCOCCOc2ccc(C(O[C+]=[N-])C(C)(C)C)cc2)cc1. The molecule has 0 radical (unpaired) electrons. The lowest BCUT2D eigenvalue weighted by Gasteiger charge is -2.25. The van der Waals surface area contributed by atoms with Gasteiger partial charge in [-0.05, 0) is 40.8 Å². The van der Waals surface area contributed by atoms with Gasteiger partial charge < -0.3 is 24.4 Å². The van der Waals surface area contributed by atoms with Crippen molar-refractivity contribution < 1.29 is 28.9 Å². The van der Waals surface area contributed by atoms with Crippen LogP contribution in [0.3, 0.4) is 0 Å². The van der Waals surface area contributed by atoms with Gasteiger partial charge in [-0.25, -0.2) is 0 Å². The predicted octanol–water partition coefficient (Wildman–Crippen LogP) is 6.61. The number of benzene rings is 2. The highest BCUT2D eigenvalue weighted by Crippen LogP contribution is 2.36. The summed E-state index contributed by atoms with van der Waals surface area (Å²) in [6.07, 6.45) is 1.49. The molecule has 0 saturated carbocycles. The van der Waals surface area contributed by atoms with E-state index in [1.165, 1.54) is 0 Å². The molecule has 2 rings (SSSR count). The van der Waals surface area contributed by atoms with Gasteiger partial charge in [0.1, 0.15) is 30.6 Å². The molecule has 0 heterocycles. The van der Waals surface area contributed by atoms with Crippen molar-refractivity contribution in [1.29, 1.82) is 0 Å². The fourth-order valence-corrected chi connectivity index (χ4v) is 3.88. The Morgan fingerprint density at radius 3 is 1.58 bits per heavy atom. The molecule has 0 amide bonds. The summed E-state index contributed by atoms with van der Waals surface area (Å²) in [6.45, 7) is 15.0. The molecule has 2 aromatic carbocycles. The second kappa shape index (κ2) is 15.1. The van der Waals surface area contributed by atoms with E-state index in [-0.39, 0.29) is 22.9 Å². The van der Waals surface area contributed by atoms with Crippen LogP contribution in [0.15, 0.2) is 48.5 Å². The first-order valence-corrected chi connectivity index (χ1v) is 12.8. The van der Waals surface area contributed by atoms with Crippen LogP contribution in [0.1, 0.15) is 64.7 Å². The number of ether oxygens (including phenoxy) is 5. The first kappa shape index (κ1) is 30.9. The summed E-state index contributed by atoms with van der Waals surface area (Å²) in [7, 11) is 0. The number of rotatable bonds is 15. The molecule has 0 fully saturated rings. The van der Waals surface area contributed by atoms with E-state index in [4.69, 9.17) is 34.3 Å². The van der Waals surface area contributed by atoms with Crippen molar-refractivity contribution in [1.82, 2.24) is 0 Å². The highest BCUT2D eigenvalue weighted by Gasteiger charge is 2.31. The Morgan fingerprint density at radius 2 is 1.18 bits per heavy atom. The van der Waals surface area contributed by atoms with E-state index in [1.807, 2.05) is 69.3 Å². The highest BCUT2D eigenvalue weighted by molar-refractivity contribution is 5.51. The van der Waals surface area contributed by atoms with E-state index in [0.717, 1.165) is 22.6 Å². The molecule has 0 aliphatic carbocycles. The molecule has 206 valence electrons. The molecule has 0 aliphatic heterocycles. The summed E-state index contributed by atoms with van der Waals surface area (Å²) in [4.78, 5) is 0. The minimum absolute atomic E-state index is 0.118. The molecule has 0 saturated heterocycles. The first-order valence-electron chi connectivity index (χ1n) is 12.8. The molecule has 0 aromatic heterocycles. The average molecular weight is 526 g/mol. The van der Waals surface area contributed by atoms with Crippen molar-refractivity contribution in [3.05, 3.63) is 70.1 Å². The Bertz CT molecular complexity index is 1010. The lowest BCUT2D eigenvalue weighted by atomic mass is 9.77. The molecule has 0 spiro atoms. The van der Waals surface area contributed by atoms with E-state index in [2.05, 4.69) is 31.8 Å². The summed E-state index contributed by atoms with van der Waals surface area (Å²) in [5.74, 6) is 1.36. The molecular weight excluding hydrogens is 484 g/mol. The van der Waals surface area contributed by atoms with E-state index in [1.54, 1.807) is 6.40 Å². The summed E-state index contributed by atoms with van der Waals surface area (Å²) >= 11 is 0. The standard InChI is InChI=1S/C30H40N2O6/c1-29(2,3)27(21-32-33)23-7-11-25(12-8-23)36-19-17-34-15-16-35-18-20-37-26-13-9-24(10-14-26)28(38-22-31)30(4,5)6/h7-14,27-28H,15-20H2,1-6H3/p+1. The van der Waals surface area contributed by atoms with Gasteiger partial charge in [-0.3, -0.25) is 4.74 Å². The van der Waals surface area contributed by atoms with Gasteiger partial charge in [0.15, 0.2) is 6.10 Å². The maximum Gasteiger partial charge on any atom is 0.388 e. The molecular formula is C30H41N2O6+. The molecule has 0 aliphatic rings. The number of hydrogen-bond donors (Lipinski definition) is 1. The smallest absolute Gasteiger partial charge is 0.388 e. The minimum Gasteiger partial charge on any atom is -0.491 e. The summed E-state index contributed by atoms with van der Waals surface area (Å²) < 4.78 is 27.8. The maximum atomic E-state index is 8.93. The summed E-state index contributed by atoms with van der Waals surface area (Å²) in [5, 5.41) is 21.0. The van der Waals surface area contributed by atoms with Crippen LogP contribution in [0.25, 0.3) is 10.4 Å². The lowest BCUT2D eigenvalue weighted by molar-refractivity contribution is 0.0273. The normalized spacial score (nSPS) is 13.0. The first-order chi connectivity index (χ1) is 18.1. The Hall–Kier alpha value is -3.37. The third-order valence-electron chi connectivity index (χ3n) is 5.77. The van der Waals surface area contributed by atoms with Crippen molar-refractivity contribution in [3.8, 4) is 17.6 Å². The quantitative estimate of drug-likeness (QED) is 0.0925. The predicted molar refractivity (Wildman–Crippen MR) is 148 cm³/mol. The molecule has 2 atom stereocenters. The zero-order valence-electron chi connectivity index (χ0n) is 23.4. The van der Waals surface area contributed by atoms with Gasteiger partial charge in [-0.15, -0.1) is 0 Å². The van der Waals surface area contributed by atoms with E-state index < -0.39 is 0 Å². The van der Waals surface area contributed by atoms with Gasteiger partial charge in [0.05, 0.1) is 26.4 Å². The lowest BCUT2D eigenvalue weighted by Crippen LogP contribution is -2.20. The Kier molecular flexibility index (Phi) is 12.3. The summed E-state index contributed by atoms with van der Waals surface area (Å²) in [6, 6.07) is 18.0. The fourth-order valence-electron chi connectivity index (χ4n) is 3.88. The average Bonchev–Trinajstić information content (AvgIpc) is 2.86. The zero-order valence-corrected chi connectivity index (χ0v) is 23.4. The zero-order chi connectivity index (χ0) is 28.0. The van der Waals surface area contributed by atoms with Gasteiger partial charge in [-0.1, -0.05) is 65.8 Å². The molecule has 1 N–H and O–H groups in total. The van der Waals surface area contributed by atoms with Gasteiger partial charge in [0.2, 0.25) is 5.01 Å². The van der Waals surface area contributed by atoms with Crippen LogP contribution >= 0.6 is 0 Å². The van der Waals surface area contributed by atoms with Gasteiger partial charge in [0.25, 0.3) is 0 Å². The van der Waals surface area contributed by atoms with E-state index in [9.17, 15) is 0 Å². The fraction of sp³-hybridized carbons (Fsp3) is 0.533. The summed E-state index contributed by atoms with van der Waals surface area (Å²) in [5.41, 5.74) is 1.63. The minimum atomic E-state index is -0.311. The van der Waals surface area contributed by atoms with Crippen LogP contribution in [0.5, 0.6) is 11.5 Å². The monoisotopic (exact) mass is 525 g/mol. The molecule has 8 heteroatoms. The van der Waals surface area contributed by atoms with E-state index in [0.29, 0.717) is 39.6 Å². The van der Waals surface area contributed by atoms with Crippen LogP contribution in [0.4, 0.5) is 0 Å². The Balaban J connectivity index is 1.58. The van der Waals surface area contributed by atoms with Crippen molar-refractivity contribution >= 4 is 6.40 Å². The second-order valence-corrected chi connectivity index (χ2v) is 11.0. The molecule has 38 heavy (non-hydrogen) atoms. The molecule has 8 nitrogen and oxygen atoms in total. The van der Waals surface area contributed by atoms with Gasteiger partial charge in [0, 0.05) is 5.41 Å². The topological polar surface area (TPSA) is 93.0 Å². The van der Waals surface area contributed by atoms with Crippen molar-refractivity contribution in [3.63, 3.8) is 0 Å². The van der Waals surface area contributed by atoms with Gasteiger partial charge >= 0.3 is 12.5 Å². The number of hydrogen-bond acceptors (Lipinski definition) is 6. The van der Waals surface area contributed by atoms with E-state index >= 15 is 0 Å². The van der Waals surface area contributed by atoms with Crippen LogP contribution in [0, 0.1) is 16.9 Å². The van der Waals surface area contributed by atoms with Crippen LogP contribution in [0.2, 0.25) is 0 Å². The molecule has 2 unspecified atom stereocenters. The molecule has 0 bridgehead atoms. The maximum absolute atomic E-state index is 8.93. The highest BCUT2D eigenvalue weighted by atomic mass is 16.6. The van der Waals surface area contributed by atoms with Crippen molar-refractivity contribution in [2.45, 2.75) is 53.6 Å². The van der Waals surface area contributed by atoms with Crippen molar-refractivity contribution in [2.24, 2.45) is 10.8 Å². The number of nitrogens with zero attached hydrogens (tertiary/aromatic N) is 2. The largest absolute Gasteiger partial charge is 0.491 e. The van der Waals surface area contributed by atoms with Crippen LogP contribution < -0.4 is 9.47 Å². The van der Waals surface area contributed by atoms with Crippen LogP contribution in [-0.2, 0) is 14.2 Å². The second-order valence-electron chi connectivity index (χ2n) is 11.0. The van der Waals surface area contributed by atoms with Gasteiger partial charge in [-0.2, -0.15) is 5.21 Å². The molecule has 2 aromatic rings. The Morgan fingerprint density at radius 1 is 0.737 bits per heavy atom. The van der Waals surface area contributed by atoms with Crippen LogP contribution in [-0.4, -0.2) is 51.2 Å². The third-order valence-corrected chi connectivity index (χ3v) is 5.77. The Labute approximate surface area is 227 Å². The van der Waals surface area contributed by atoms with Crippen molar-refractivity contribution in [2.75, 3.05) is 39.6 Å². The third kappa shape index (κ3) is 10.5.